The van der Waals surface area contributed by atoms with E-state index in [1.165, 1.54) is 19.4 Å². The predicted octanol–water partition coefficient (Wildman–Crippen LogP) is 2.09. The first-order valence-electron chi connectivity index (χ1n) is 4.82. The number of nitrogens with two attached hydrogens (primary N) is 1. The van der Waals surface area contributed by atoms with Crippen LogP contribution in [0.1, 0.15) is 5.56 Å². The first kappa shape index (κ1) is 11.3. The summed E-state index contributed by atoms with van der Waals surface area (Å²) in [5.74, 6) is -1.13. The molecule has 0 saturated carbocycles. The third-order valence-electron chi connectivity index (χ3n) is 2.48. The van der Waals surface area contributed by atoms with Crippen LogP contribution >= 0.6 is 0 Å². The Morgan fingerprint density at radius 2 is 2.24 bits per heavy atom. The zero-order valence-electron chi connectivity index (χ0n) is 9.32. The fourth-order valence-corrected chi connectivity index (χ4v) is 1.71. The summed E-state index contributed by atoms with van der Waals surface area (Å²) in [5, 5.41) is 13.5. The Balaban J connectivity index is 2.74. The Kier molecular flexibility index (Phi) is 2.63. The molecule has 1 aromatic heterocycles. The van der Waals surface area contributed by atoms with Crippen LogP contribution in [0.25, 0.3) is 11.1 Å². The van der Waals surface area contributed by atoms with E-state index in [9.17, 15) is 9.50 Å². The summed E-state index contributed by atoms with van der Waals surface area (Å²) >= 11 is 0. The standard InChI is InChI=1S/C11H11FN2O3/c1-5-3-7(12)10(16-2)9(15)8(5)6-4-14-17-11(6)13/h3-4,15H,13H2,1-2H3. The van der Waals surface area contributed by atoms with Crippen molar-refractivity contribution in [3.63, 3.8) is 0 Å². The lowest BCUT2D eigenvalue weighted by atomic mass is 10.0. The highest BCUT2D eigenvalue weighted by molar-refractivity contribution is 5.81. The lowest BCUT2D eigenvalue weighted by molar-refractivity contribution is 0.352. The third-order valence-corrected chi connectivity index (χ3v) is 2.48. The van der Waals surface area contributed by atoms with Gasteiger partial charge in [0.25, 0.3) is 0 Å². The van der Waals surface area contributed by atoms with E-state index in [1.807, 2.05) is 0 Å². The molecule has 0 amide bonds. The topological polar surface area (TPSA) is 81.5 Å². The van der Waals surface area contributed by atoms with Crippen molar-refractivity contribution < 1.29 is 18.8 Å². The number of aromatic hydroxyl groups is 1. The van der Waals surface area contributed by atoms with Crippen LogP contribution in [0.15, 0.2) is 16.8 Å². The summed E-state index contributed by atoms with van der Waals surface area (Å²) in [7, 11) is 1.27. The number of hydrogen-bond donors (Lipinski definition) is 2. The van der Waals surface area contributed by atoms with Crippen molar-refractivity contribution in [3.05, 3.63) is 23.6 Å². The minimum absolute atomic E-state index is 0.0528. The molecule has 1 aromatic carbocycles. The van der Waals surface area contributed by atoms with Gasteiger partial charge in [0.1, 0.15) is 0 Å². The molecule has 3 N–H and O–H groups in total. The van der Waals surface area contributed by atoms with Crippen LogP contribution in [0.3, 0.4) is 0 Å². The average Bonchev–Trinajstić information content (AvgIpc) is 2.65. The van der Waals surface area contributed by atoms with Crippen molar-refractivity contribution in [1.82, 2.24) is 5.16 Å². The number of halogens is 1. The van der Waals surface area contributed by atoms with E-state index >= 15 is 0 Å². The SMILES string of the molecule is COc1c(F)cc(C)c(-c2cnoc2N)c1O. The van der Waals surface area contributed by atoms with Gasteiger partial charge in [0, 0.05) is 5.56 Å². The summed E-state index contributed by atoms with van der Waals surface area (Å²) in [6.45, 7) is 1.64. The second-order valence-corrected chi connectivity index (χ2v) is 3.54. The Bertz CT molecular complexity index is 566. The van der Waals surface area contributed by atoms with Gasteiger partial charge in [-0.05, 0) is 18.6 Å². The number of methoxy groups -OCH3 is 1. The molecule has 0 bridgehead atoms. The number of nitrogens with zero attached hydrogens (tertiary/aromatic N) is 1. The summed E-state index contributed by atoms with van der Waals surface area (Å²) in [4.78, 5) is 0. The van der Waals surface area contributed by atoms with E-state index in [-0.39, 0.29) is 17.4 Å². The molecular formula is C11H11FN2O3. The molecule has 17 heavy (non-hydrogen) atoms. The second kappa shape index (κ2) is 3.97. The minimum Gasteiger partial charge on any atom is -0.504 e. The Morgan fingerprint density at radius 3 is 2.76 bits per heavy atom. The fraction of sp³-hybridized carbons (Fsp3) is 0.182. The Labute approximate surface area is 96.6 Å². The quantitative estimate of drug-likeness (QED) is 0.837. The van der Waals surface area contributed by atoms with Crippen LogP contribution in [0.4, 0.5) is 10.3 Å². The van der Waals surface area contributed by atoms with Crippen LogP contribution < -0.4 is 10.5 Å². The highest BCUT2D eigenvalue weighted by atomic mass is 19.1. The van der Waals surface area contributed by atoms with Gasteiger partial charge in [-0.25, -0.2) is 4.39 Å². The summed E-state index contributed by atoms with van der Waals surface area (Å²) in [6, 6.07) is 1.25. The molecule has 2 rings (SSSR count). The highest BCUT2D eigenvalue weighted by Gasteiger charge is 2.21. The van der Waals surface area contributed by atoms with Crippen LogP contribution in [-0.4, -0.2) is 17.4 Å². The number of hydrogen-bond acceptors (Lipinski definition) is 5. The predicted molar refractivity (Wildman–Crippen MR) is 59.3 cm³/mol. The van der Waals surface area contributed by atoms with E-state index < -0.39 is 5.82 Å². The lowest BCUT2D eigenvalue weighted by Crippen LogP contribution is -1.95. The number of ether oxygens (including phenoxy) is 1. The van der Waals surface area contributed by atoms with Crippen molar-refractivity contribution in [3.8, 4) is 22.6 Å². The molecule has 0 radical (unpaired) electrons. The monoisotopic (exact) mass is 238 g/mol. The molecule has 1 heterocycles. The molecule has 0 unspecified atom stereocenters. The first-order valence-corrected chi connectivity index (χ1v) is 4.82. The molecule has 6 heteroatoms. The van der Waals surface area contributed by atoms with Gasteiger partial charge < -0.3 is 20.1 Å². The molecule has 0 aliphatic heterocycles. The molecule has 0 atom stereocenters. The van der Waals surface area contributed by atoms with E-state index in [2.05, 4.69) is 5.16 Å². The number of phenols is 1. The Morgan fingerprint density at radius 1 is 1.53 bits per heavy atom. The molecule has 0 fully saturated rings. The van der Waals surface area contributed by atoms with Crippen LogP contribution in [0.2, 0.25) is 0 Å². The van der Waals surface area contributed by atoms with Gasteiger partial charge in [0.05, 0.1) is 18.9 Å². The van der Waals surface area contributed by atoms with Gasteiger partial charge in [0.2, 0.25) is 5.88 Å². The van der Waals surface area contributed by atoms with Gasteiger partial charge in [-0.1, -0.05) is 5.16 Å². The van der Waals surface area contributed by atoms with Gasteiger partial charge in [-0.2, -0.15) is 0 Å². The second-order valence-electron chi connectivity index (χ2n) is 3.54. The van der Waals surface area contributed by atoms with Crippen molar-refractivity contribution in [2.75, 3.05) is 12.8 Å². The van der Waals surface area contributed by atoms with E-state index in [0.29, 0.717) is 16.7 Å². The zero-order chi connectivity index (χ0) is 12.6. The number of anilines is 1. The number of aromatic nitrogens is 1. The van der Waals surface area contributed by atoms with Crippen molar-refractivity contribution in [2.24, 2.45) is 0 Å². The number of rotatable bonds is 2. The normalized spacial score (nSPS) is 10.5. The number of phenolic OH excluding ortho intramolecular Hbond substituents is 1. The van der Waals surface area contributed by atoms with Crippen LogP contribution in [-0.2, 0) is 0 Å². The van der Waals surface area contributed by atoms with Gasteiger partial charge in [0.15, 0.2) is 17.3 Å². The molecule has 0 aliphatic carbocycles. The molecule has 2 aromatic rings. The van der Waals surface area contributed by atoms with Gasteiger partial charge in [-0.15, -0.1) is 0 Å². The van der Waals surface area contributed by atoms with Crippen molar-refractivity contribution in [2.45, 2.75) is 6.92 Å². The molecule has 0 saturated heterocycles. The Hall–Kier alpha value is -2.24. The maximum absolute atomic E-state index is 13.5. The van der Waals surface area contributed by atoms with Crippen LogP contribution in [0, 0.1) is 12.7 Å². The molecule has 0 aliphatic rings. The molecule has 90 valence electrons. The third kappa shape index (κ3) is 1.67. The molecule has 5 nitrogen and oxygen atoms in total. The van der Waals surface area contributed by atoms with Gasteiger partial charge >= 0.3 is 0 Å². The van der Waals surface area contributed by atoms with E-state index in [1.54, 1.807) is 6.92 Å². The largest absolute Gasteiger partial charge is 0.504 e. The maximum atomic E-state index is 13.5. The van der Waals surface area contributed by atoms with Crippen molar-refractivity contribution in [1.29, 1.82) is 0 Å². The van der Waals surface area contributed by atoms with E-state index in [0.717, 1.165) is 0 Å². The first-order chi connectivity index (χ1) is 8.06. The fourth-order valence-electron chi connectivity index (χ4n) is 1.71. The van der Waals surface area contributed by atoms with Crippen molar-refractivity contribution >= 4 is 5.88 Å². The summed E-state index contributed by atoms with van der Waals surface area (Å²) in [5.41, 5.74) is 6.83. The summed E-state index contributed by atoms with van der Waals surface area (Å²) < 4.78 is 23.0. The molecule has 0 spiro atoms. The number of nitrogen functional groups attached to an aromatic ring is 1. The molecular weight excluding hydrogens is 227 g/mol. The van der Waals surface area contributed by atoms with E-state index in [4.69, 9.17) is 15.0 Å². The average molecular weight is 238 g/mol. The van der Waals surface area contributed by atoms with Crippen LogP contribution in [0.5, 0.6) is 11.5 Å². The smallest absolute Gasteiger partial charge is 0.230 e. The number of benzene rings is 1. The zero-order valence-corrected chi connectivity index (χ0v) is 9.32. The summed E-state index contributed by atoms with van der Waals surface area (Å²) in [6.07, 6.45) is 1.36. The lowest BCUT2D eigenvalue weighted by Gasteiger charge is -2.11. The van der Waals surface area contributed by atoms with Gasteiger partial charge in [-0.3, -0.25) is 0 Å². The minimum atomic E-state index is -0.638. The highest BCUT2D eigenvalue weighted by Crippen LogP contribution is 2.43. The maximum Gasteiger partial charge on any atom is 0.230 e. The number of aryl methyl sites for hydroxylation is 1.